The first kappa shape index (κ1) is 54.6. The molecule has 4 aliphatic heterocycles. The molecular formula is C56H74F2N12O6. The average molecular weight is 1050 g/mol. The number of hydrogen-bond acceptors (Lipinski definition) is 14. The first-order valence-corrected chi connectivity index (χ1v) is 27.2. The van der Waals surface area contributed by atoms with Gasteiger partial charge in [-0.1, -0.05) is 13.8 Å². The van der Waals surface area contributed by atoms with Crippen LogP contribution in [0.1, 0.15) is 135 Å². The number of alkyl halides is 2. The van der Waals surface area contributed by atoms with Gasteiger partial charge in [0, 0.05) is 150 Å². The number of nitrogens with zero attached hydrogens (tertiary/aromatic N) is 10. The van der Waals surface area contributed by atoms with Gasteiger partial charge in [-0.3, -0.25) is 19.6 Å². The molecule has 0 saturated carbocycles. The molecule has 0 spiro atoms. The van der Waals surface area contributed by atoms with E-state index in [1.807, 2.05) is 34.3 Å². The van der Waals surface area contributed by atoms with Crippen molar-refractivity contribution in [3.63, 3.8) is 0 Å². The van der Waals surface area contributed by atoms with Crippen molar-refractivity contribution in [1.82, 2.24) is 49.7 Å². The molecule has 6 aromatic rings. The smallest absolute Gasteiger partial charge is 0.253 e. The number of hydrogen-bond donors (Lipinski definition) is 2. The van der Waals surface area contributed by atoms with Gasteiger partial charge < -0.3 is 48.5 Å². The maximum atomic E-state index is 14.4. The van der Waals surface area contributed by atoms with Gasteiger partial charge in [-0.2, -0.15) is 0 Å². The van der Waals surface area contributed by atoms with E-state index < -0.39 is 12.3 Å². The summed E-state index contributed by atoms with van der Waals surface area (Å²) in [5.41, 5.74) is 6.59. The number of halogens is 2. The van der Waals surface area contributed by atoms with Gasteiger partial charge in [0.15, 0.2) is 0 Å². The second kappa shape index (κ2) is 25.3. The Morgan fingerprint density at radius 1 is 0.632 bits per heavy atom. The monoisotopic (exact) mass is 1050 g/mol. The van der Waals surface area contributed by atoms with Crippen LogP contribution < -0.4 is 20.4 Å². The second-order valence-corrected chi connectivity index (χ2v) is 20.6. The Labute approximate surface area is 443 Å². The lowest BCUT2D eigenvalue weighted by atomic mass is 10.1. The van der Waals surface area contributed by atoms with Crippen LogP contribution in [0.25, 0.3) is 21.8 Å². The van der Waals surface area contributed by atoms with Crippen molar-refractivity contribution in [1.29, 1.82) is 0 Å². The number of rotatable bonds is 16. The van der Waals surface area contributed by atoms with Crippen LogP contribution in [0.4, 0.5) is 20.7 Å². The SMILES string of the molecule is CC[C@@H](C)n1cc(C(=O)NC2CCOCC2)c2cnc(Cc3ccnc(N4CC[C@H](OC)[C@H](F)C4)n3)cc21.CC[C@H](C)n1cc(C(=O)NC2CCOCC2)c2cnc(Cc3ccnc(N4CC[C@H](OC)[C@H](F)C4)n3)cc21. The van der Waals surface area contributed by atoms with E-state index in [2.05, 4.69) is 69.6 Å². The highest BCUT2D eigenvalue weighted by molar-refractivity contribution is 6.07. The van der Waals surface area contributed by atoms with Crippen molar-refractivity contribution < 1.29 is 37.3 Å². The second-order valence-electron chi connectivity index (χ2n) is 20.6. The van der Waals surface area contributed by atoms with Crippen LogP contribution in [0.3, 0.4) is 0 Å². The average Bonchev–Trinajstić information content (AvgIpc) is 4.04. The standard InChI is InChI=1S/2C28H37FN6O3/c2*1-4-18(2)35-16-23(27(36)32-19-7-11-38-12-8-19)22-15-31-21(14-25(22)35)13-20-5-9-30-28(33-20)34-10-6-26(37-3)24(29)17-34/h2*5,9,14-16,18-19,24,26H,4,6-8,10-13,17H2,1-3H3,(H,32,36)/t18-,24+,26-;18-,24-,26+/m01/s1. The van der Waals surface area contributed by atoms with Crippen LogP contribution in [-0.4, -0.2) is 154 Å². The van der Waals surface area contributed by atoms with Gasteiger partial charge in [0.1, 0.15) is 12.3 Å². The predicted molar refractivity (Wildman–Crippen MR) is 287 cm³/mol. The molecule has 2 amide bonds. The van der Waals surface area contributed by atoms with Crippen molar-refractivity contribution in [2.75, 3.05) is 76.6 Å². The largest absolute Gasteiger partial charge is 0.381 e. The number of nitrogens with one attached hydrogen (secondary N) is 2. The lowest BCUT2D eigenvalue weighted by Gasteiger charge is -2.33. The van der Waals surface area contributed by atoms with E-state index in [0.717, 1.165) is 83.1 Å². The highest BCUT2D eigenvalue weighted by Crippen LogP contribution is 2.30. The van der Waals surface area contributed by atoms with E-state index in [-0.39, 0.29) is 61.3 Å². The highest BCUT2D eigenvalue weighted by Gasteiger charge is 2.32. The molecule has 6 aromatic heterocycles. The van der Waals surface area contributed by atoms with Gasteiger partial charge in [0.05, 0.1) is 58.8 Å². The van der Waals surface area contributed by atoms with Crippen LogP contribution >= 0.6 is 0 Å². The van der Waals surface area contributed by atoms with Gasteiger partial charge in [-0.15, -0.1) is 0 Å². The normalized spacial score (nSPS) is 21.5. The van der Waals surface area contributed by atoms with Crippen molar-refractivity contribution in [3.8, 4) is 0 Å². The van der Waals surface area contributed by atoms with Crippen molar-refractivity contribution >= 4 is 45.5 Å². The van der Waals surface area contributed by atoms with E-state index in [9.17, 15) is 18.4 Å². The summed E-state index contributed by atoms with van der Waals surface area (Å²) < 4.78 is 54.5. The molecule has 4 aliphatic rings. The van der Waals surface area contributed by atoms with E-state index in [1.165, 1.54) is 0 Å². The third-order valence-electron chi connectivity index (χ3n) is 15.5. The molecule has 4 saturated heterocycles. The Morgan fingerprint density at radius 2 is 1.04 bits per heavy atom. The maximum absolute atomic E-state index is 14.4. The fourth-order valence-corrected chi connectivity index (χ4v) is 10.6. The van der Waals surface area contributed by atoms with E-state index in [1.54, 1.807) is 39.0 Å². The number of methoxy groups -OCH3 is 2. The number of anilines is 2. The lowest BCUT2D eigenvalue weighted by Crippen LogP contribution is -2.46. The molecule has 0 bridgehead atoms. The summed E-state index contributed by atoms with van der Waals surface area (Å²) in [6.07, 6.45) is 15.4. The number of carbonyl (C=O) groups excluding carboxylic acids is 2. The number of carbonyl (C=O) groups is 2. The van der Waals surface area contributed by atoms with Crippen LogP contribution in [0.2, 0.25) is 0 Å². The van der Waals surface area contributed by atoms with Gasteiger partial charge >= 0.3 is 0 Å². The summed E-state index contributed by atoms with van der Waals surface area (Å²) in [5, 5.41) is 8.05. The van der Waals surface area contributed by atoms with Crippen LogP contribution in [0, 0.1) is 0 Å². The van der Waals surface area contributed by atoms with E-state index in [0.29, 0.717) is 88.2 Å². The third kappa shape index (κ3) is 12.8. The maximum Gasteiger partial charge on any atom is 0.253 e. The van der Waals surface area contributed by atoms with Crippen molar-refractivity contribution in [3.05, 3.63) is 95.3 Å². The Kier molecular flexibility index (Phi) is 18.2. The van der Waals surface area contributed by atoms with Crippen LogP contribution in [-0.2, 0) is 31.8 Å². The van der Waals surface area contributed by atoms with Gasteiger partial charge in [0.25, 0.3) is 11.8 Å². The fourth-order valence-electron chi connectivity index (χ4n) is 10.6. The minimum atomic E-state index is -1.07. The van der Waals surface area contributed by atoms with Crippen LogP contribution in [0.15, 0.2) is 61.4 Å². The molecule has 20 heteroatoms. The minimum Gasteiger partial charge on any atom is -0.381 e. The molecule has 6 atom stereocenters. The zero-order chi connectivity index (χ0) is 53.3. The number of piperidine rings is 2. The molecule has 18 nitrogen and oxygen atoms in total. The molecule has 0 unspecified atom stereocenters. The van der Waals surface area contributed by atoms with Crippen molar-refractivity contribution in [2.24, 2.45) is 0 Å². The number of amides is 2. The number of ether oxygens (including phenoxy) is 4. The topological polar surface area (TPSA) is 189 Å². The zero-order valence-corrected chi connectivity index (χ0v) is 44.8. The molecule has 10 rings (SSSR count). The summed E-state index contributed by atoms with van der Waals surface area (Å²) in [4.78, 5) is 57.8. The first-order valence-electron chi connectivity index (χ1n) is 27.2. The number of pyridine rings is 2. The quantitative estimate of drug-likeness (QED) is 0.0959. The predicted octanol–water partition coefficient (Wildman–Crippen LogP) is 7.72. The Bertz CT molecular complexity index is 2710. The molecule has 0 aromatic carbocycles. The minimum absolute atomic E-state index is 0.0673. The Balaban J connectivity index is 0.000000186. The summed E-state index contributed by atoms with van der Waals surface area (Å²) >= 11 is 0. The molecule has 408 valence electrons. The Hall–Kier alpha value is -6.22. The lowest BCUT2D eigenvalue weighted by molar-refractivity contribution is 0.0194. The molecule has 76 heavy (non-hydrogen) atoms. The third-order valence-corrected chi connectivity index (χ3v) is 15.5. The molecule has 10 heterocycles. The number of fused-ring (bicyclic) bond motifs is 2. The fraction of sp³-hybridized carbons (Fsp3) is 0.571. The molecule has 4 fully saturated rings. The zero-order valence-electron chi connectivity index (χ0n) is 44.8. The van der Waals surface area contributed by atoms with Crippen molar-refractivity contribution in [2.45, 2.75) is 141 Å². The van der Waals surface area contributed by atoms with Gasteiger partial charge in [-0.05, 0) is 89.5 Å². The highest BCUT2D eigenvalue weighted by atomic mass is 19.1. The van der Waals surface area contributed by atoms with Gasteiger partial charge in [0.2, 0.25) is 11.9 Å². The van der Waals surface area contributed by atoms with Gasteiger partial charge in [-0.25, -0.2) is 28.7 Å². The molecular weight excluding hydrogens is 975 g/mol. The molecule has 2 N–H and O–H groups in total. The van der Waals surface area contributed by atoms with Crippen LogP contribution in [0.5, 0.6) is 0 Å². The molecule has 0 aliphatic carbocycles. The van der Waals surface area contributed by atoms with E-state index >= 15 is 0 Å². The summed E-state index contributed by atoms with van der Waals surface area (Å²) in [5.74, 6) is 0.913. The summed E-state index contributed by atoms with van der Waals surface area (Å²) in [6.45, 7) is 13.0. The summed E-state index contributed by atoms with van der Waals surface area (Å²) in [6, 6.07) is 8.55. The summed E-state index contributed by atoms with van der Waals surface area (Å²) in [7, 11) is 3.10. The first-order chi connectivity index (χ1) is 36.9. The Morgan fingerprint density at radius 3 is 1.41 bits per heavy atom. The molecule has 0 radical (unpaired) electrons. The number of aromatic nitrogens is 8. The van der Waals surface area contributed by atoms with E-state index in [4.69, 9.17) is 38.9 Å².